The SMILES string of the molecule is COc1ccccc1-c1ccc2c(c1)C(C(C)O)=CC(C)(C)N2C(=O)O.COc1ccccc1-c1ccc2c(c1)C(C(C)OCC1CCCCC1)=CC(C)(C)N2. The van der Waals surface area contributed by atoms with Crippen molar-refractivity contribution in [3.63, 3.8) is 0 Å². The second kappa shape index (κ2) is 17.0. The molecule has 296 valence electrons. The third-order valence-electron chi connectivity index (χ3n) is 11.2. The molecule has 0 radical (unpaired) electrons. The van der Waals surface area contributed by atoms with Crippen LogP contribution in [-0.4, -0.2) is 60.4 Å². The predicted octanol–water partition coefficient (Wildman–Crippen LogP) is 11.3. The van der Waals surface area contributed by atoms with Gasteiger partial charge >= 0.3 is 6.09 Å². The zero-order chi connectivity index (χ0) is 40.2. The number of benzene rings is 4. The summed E-state index contributed by atoms with van der Waals surface area (Å²) in [6.45, 7) is 12.8. The maximum Gasteiger partial charge on any atom is 0.412 e. The molecule has 3 aliphatic rings. The molecule has 2 aliphatic heterocycles. The van der Waals surface area contributed by atoms with Gasteiger partial charge in [0.1, 0.15) is 11.5 Å². The number of fused-ring (bicyclic) bond motifs is 2. The summed E-state index contributed by atoms with van der Waals surface area (Å²) in [6.07, 6.45) is 9.21. The first-order chi connectivity index (χ1) is 26.7. The Bertz CT molecular complexity index is 2090. The summed E-state index contributed by atoms with van der Waals surface area (Å²) in [5, 5.41) is 23.7. The van der Waals surface area contributed by atoms with Crippen molar-refractivity contribution in [2.24, 2.45) is 5.92 Å². The van der Waals surface area contributed by atoms with Crippen molar-refractivity contribution in [2.45, 2.75) is 96.9 Å². The van der Waals surface area contributed by atoms with Crippen LogP contribution >= 0.6 is 0 Å². The summed E-state index contributed by atoms with van der Waals surface area (Å²) in [6, 6.07) is 28.1. The van der Waals surface area contributed by atoms with Gasteiger partial charge in [-0.15, -0.1) is 0 Å². The van der Waals surface area contributed by atoms with E-state index in [9.17, 15) is 15.0 Å². The van der Waals surface area contributed by atoms with E-state index >= 15 is 0 Å². The van der Waals surface area contributed by atoms with E-state index in [-0.39, 0.29) is 11.6 Å². The standard InChI is InChI=1S/C27H35NO2.C21H23NO4/c1-19(30-18-20-10-6-5-7-11-20)24-17-27(2,3)28-25-15-14-21(16-23(24)25)22-12-8-9-13-26(22)29-4;1-13(23)17-12-21(2,3)22(20(24)25)18-10-9-14(11-16(17)18)15-7-5-6-8-19(15)26-4/h8-9,12-17,19-20,28H,5-7,10-11,18H2,1-4H3;5-13,23H,1-4H3,(H,24,25). The molecule has 0 spiro atoms. The van der Waals surface area contributed by atoms with Crippen LogP contribution in [0.4, 0.5) is 16.2 Å². The maximum atomic E-state index is 11.9. The lowest BCUT2D eigenvalue weighted by Crippen LogP contribution is -2.48. The zero-order valence-corrected chi connectivity index (χ0v) is 34.2. The Morgan fingerprint density at radius 3 is 1.91 bits per heavy atom. The number of carbonyl (C=O) groups is 1. The number of anilines is 2. The summed E-state index contributed by atoms with van der Waals surface area (Å²) in [5.74, 6) is 2.35. The van der Waals surface area contributed by atoms with E-state index in [1.165, 1.54) is 53.8 Å². The number of aliphatic hydroxyl groups excluding tert-OH is 1. The molecule has 1 fully saturated rings. The van der Waals surface area contributed by atoms with Gasteiger partial charge in [0, 0.05) is 27.9 Å². The third kappa shape index (κ3) is 8.82. The quantitative estimate of drug-likeness (QED) is 0.156. The highest BCUT2D eigenvalue weighted by Crippen LogP contribution is 2.44. The smallest absolute Gasteiger partial charge is 0.412 e. The number of para-hydroxylation sites is 2. The lowest BCUT2D eigenvalue weighted by molar-refractivity contribution is 0.0608. The molecule has 8 nitrogen and oxygen atoms in total. The van der Waals surface area contributed by atoms with Crippen LogP contribution in [0.5, 0.6) is 11.5 Å². The van der Waals surface area contributed by atoms with Crippen LogP contribution in [-0.2, 0) is 4.74 Å². The van der Waals surface area contributed by atoms with Crippen LogP contribution in [0.25, 0.3) is 33.4 Å². The minimum atomic E-state index is -1.03. The molecule has 4 aromatic carbocycles. The van der Waals surface area contributed by atoms with Crippen molar-refractivity contribution < 1.29 is 29.2 Å². The monoisotopic (exact) mass is 758 g/mol. The topological polar surface area (TPSA) is 100 Å². The number of methoxy groups -OCH3 is 2. The molecule has 1 amide bonds. The molecule has 2 atom stereocenters. The molecule has 2 unspecified atom stereocenters. The average molecular weight is 759 g/mol. The first-order valence-corrected chi connectivity index (χ1v) is 19.8. The van der Waals surface area contributed by atoms with Crippen LogP contribution in [0.1, 0.15) is 84.8 Å². The molecule has 4 aromatic rings. The first kappa shape index (κ1) is 40.6. The fraction of sp³-hybridized carbons (Fsp3) is 0.396. The van der Waals surface area contributed by atoms with E-state index in [2.05, 4.69) is 62.5 Å². The number of aliphatic hydroxyl groups is 1. The van der Waals surface area contributed by atoms with Gasteiger partial charge in [0.05, 0.1) is 49.8 Å². The average Bonchev–Trinajstić information content (AvgIpc) is 3.18. The van der Waals surface area contributed by atoms with Gasteiger partial charge in [0.2, 0.25) is 0 Å². The molecule has 56 heavy (non-hydrogen) atoms. The van der Waals surface area contributed by atoms with Crippen molar-refractivity contribution in [1.29, 1.82) is 0 Å². The van der Waals surface area contributed by atoms with Crippen molar-refractivity contribution in [2.75, 3.05) is 31.0 Å². The Balaban J connectivity index is 0.000000192. The number of hydrogen-bond acceptors (Lipinski definition) is 6. The summed E-state index contributed by atoms with van der Waals surface area (Å²) >= 11 is 0. The highest BCUT2D eigenvalue weighted by molar-refractivity contribution is 5.98. The van der Waals surface area contributed by atoms with E-state index in [1.54, 1.807) is 27.2 Å². The fourth-order valence-corrected chi connectivity index (χ4v) is 8.39. The molecule has 2 heterocycles. The molecule has 3 N–H and O–H groups in total. The predicted molar refractivity (Wildman–Crippen MR) is 229 cm³/mol. The Morgan fingerprint density at radius 2 is 1.34 bits per heavy atom. The molecule has 1 saturated carbocycles. The number of nitrogens with one attached hydrogen (secondary N) is 1. The summed E-state index contributed by atoms with van der Waals surface area (Å²) < 4.78 is 17.5. The van der Waals surface area contributed by atoms with E-state index < -0.39 is 17.7 Å². The van der Waals surface area contributed by atoms with E-state index in [1.807, 2.05) is 68.5 Å². The van der Waals surface area contributed by atoms with Gasteiger partial charge in [-0.2, -0.15) is 0 Å². The van der Waals surface area contributed by atoms with Crippen LogP contribution in [0.15, 0.2) is 97.1 Å². The molecule has 8 heteroatoms. The minimum absolute atomic E-state index is 0.0694. The molecule has 0 saturated heterocycles. The van der Waals surface area contributed by atoms with Gasteiger partial charge in [-0.3, -0.25) is 4.90 Å². The number of ether oxygens (including phenoxy) is 3. The molecule has 0 aromatic heterocycles. The molecular formula is C48H58N2O6. The van der Waals surface area contributed by atoms with Gasteiger partial charge in [-0.1, -0.05) is 79.9 Å². The normalized spacial score (nSPS) is 18.1. The van der Waals surface area contributed by atoms with Gasteiger partial charge in [-0.05, 0) is 119 Å². The van der Waals surface area contributed by atoms with Crippen LogP contribution in [0.2, 0.25) is 0 Å². The fourth-order valence-electron chi connectivity index (χ4n) is 8.39. The maximum absolute atomic E-state index is 11.9. The van der Waals surface area contributed by atoms with Gasteiger partial charge in [0.25, 0.3) is 0 Å². The number of amides is 1. The Hall–Kier alpha value is -5.05. The van der Waals surface area contributed by atoms with Gasteiger partial charge in [-0.25, -0.2) is 4.79 Å². The third-order valence-corrected chi connectivity index (χ3v) is 11.2. The van der Waals surface area contributed by atoms with Crippen LogP contribution < -0.4 is 19.7 Å². The Morgan fingerprint density at radius 1 is 0.768 bits per heavy atom. The second-order valence-electron chi connectivity index (χ2n) is 16.4. The van der Waals surface area contributed by atoms with E-state index in [0.717, 1.165) is 51.9 Å². The van der Waals surface area contributed by atoms with Crippen molar-refractivity contribution >= 4 is 28.6 Å². The Labute approximate surface area is 332 Å². The summed E-state index contributed by atoms with van der Waals surface area (Å²) in [7, 11) is 3.35. The van der Waals surface area contributed by atoms with Crippen LogP contribution in [0.3, 0.4) is 0 Å². The van der Waals surface area contributed by atoms with E-state index in [4.69, 9.17) is 14.2 Å². The zero-order valence-electron chi connectivity index (χ0n) is 34.2. The second-order valence-corrected chi connectivity index (χ2v) is 16.4. The minimum Gasteiger partial charge on any atom is -0.496 e. The van der Waals surface area contributed by atoms with Crippen LogP contribution in [0, 0.1) is 5.92 Å². The van der Waals surface area contributed by atoms with Crippen molar-refractivity contribution in [3.05, 3.63) is 108 Å². The largest absolute Gasteiger partial charge is 0.496 e. The molecule has 1 aliphatic carbocycles. The highest BCUT2D eigenvalue weighted by Gasteiger charge is 2.38. The van der Waals surface area contributed by atoms with Crippen molar-refractivity contribution in [1.82, 2.24) is 0 Å². The van der Waals surface area contributed by atoms with Gasteiger partial charge in [0.15, 0.2) is 0 Å². The number of carboxylic acid groups (broad SMARTS) is 1. The lowest BCUT2D eigenvalue weighted by atomic mass is 9.85. The molecular weight excluding hydrogens is 701 g/mol. The first-order valence-electron chi connectivity index (χ1n) is 19.8. The van der Waals surface area contributed by atoms with E-state index in [0.29, 0.717) is 11.3 Å². The molecule has 7 rings (SSSR count). The molecule has 0 bridgehead atoms. The number of rotatable bonds is 9. The highest BCUT2D eigenvalue weighted by atomic mass is 16.5. The van der Waals surface area contributed by atoms with Gasteiger partial charge < -0.3 is 29.7 Å². The Kier molecular flexibility index (Phi) is 12.3. The summed E-state index contributed by atoms with van der Waals surface area (Å²) in [5.41, 5.74) is 8.92. The number of nitrogens with zero attached hydrogens (tertiary/aromatic N) is 1. The number of hydrogen-bond donors (Lipinski definition) is 3. The lowest BCUT2D eigenvalue weighted by Gasteiger charge is -2.40. The summed E-state index contributed by atoms with van der Waals surface area (Å²) in [4.78, 5) is 13.2. The van der Waals surface area contributed by atoms with Crippen molar-refractivity contribution in [3.8, 4) is 33.8 Å².